The van der Waals surface area contributed by atoms with Crippen molar-refractivity contribution in [3.8, 4) is 0 Å². The van der Waals surface area contributed by atoms with E-state index in [2.05, 4.69) is 58.0 Å². The molecule has 0 atom stereocenters. The van der Waals surface area contributed by atoms with Gasteiger partial charge in [-0.2, -0.15) is 0 Å². The zero-order valence-electron chi connectivity index (χ0n) is 12.4. The Hall–Kier alpha value is -1.63. The largest absolute Gasteiger partial charge is 0.295 e. The van der Waals surface area contributed by atoms with Gasteiger partial charge < -0.3 is 0 Å². The summed E-state index contributed by atoms with van der Waals surface area (Å²) in [6, 6.07) is 10.8. The SMILES string of the molecule is CC(=O)c1cc2cc(C(C)C)ccc2cc1C(C)C. The highest BCUT2D eigenvalue weighted by Crippen LogP contribution is 2.28. The van der Waals surface area contributed by atoms with Crippen LogP contribution in [-0.4, -0.2) is 5.78 Å². The minimum atomic E-state index is 0.153. The molecular formula is C18H22O. The van der Waals surface area contributed by atoms with Crippen molar-refractivity contribution >= 4 is 16.6 Å². The molecule has 1 nitrogen and oxygen atoms in total. The van der Waals surface area contributed by atoms with Crippen LogP contribution in [0.4, 0.5) is 0 Å². The van der Waals surface area contributed by atoms with E-state index in [1.807, 2.05) is 0 Å². The fourth-order valence-corrected chi connectivity index (χ4v) is 2.48. The molecule has 0 aliphatic carbocycles. The van der Waals surface area contributed by atoms with Crippen LogP contribution in [0.3, 0.4) is 0 Å². The predicted octanol–water partition coefficient (Wildman–Crippen LogP) is 5.29. The Kier molecular flexibility index (Phi) is 3.75. The maximum atomic E-state index is 11.8. The Labute approximate surface area is 115 Å². The highest BCUT2D eigenvalue weighted by atomic mass is 16.1. The predicted molar refractivity (Wildman–Crippen MR) is 82.1 cm³/mol. The van der Waals surface area contributed by atoms with Crippen LogP contribution in [-0.2, 0) is 0 Å². The number of hydrogen-bond acceptors (Lipinski definition) is 1. The van der Waals surface area contributed by atoms with Crippen LogP contribution in [0.15, 0.2) is 30.3 Å². The lowest BCUT2D eigenvalue weighted by Crippen LogP contribution is -2.01. The summed E-state index contributed by atoms with van der Waals surface area (Å²) >= 11 is 0. The van der Waals surface area contributed by atoms with Crippen LogP contribution in [0.5, 0.6) is 0 Å². The monoisotopic (exact) mass is 254 g/mol. The fourth-order valence-electron chi connectivity index (χ4n) is 2.48. The van der Waals surface area contributed by atoms with Crippen LogP contribution >= 0.6 is 0 Å². The van der Waals surface area contributed by atoms with Crippen molar-refractivity contribution in [2.75, 3.05) is 0 Å². The number of carbonyl (C=O) groups excluding carboxylic acids is 1. The van der Waals surface area contributed by atoms with Crippen molar-refractivity contribution in [2.45, 2.75) is 46.5 Å². The summed E-state index contributed by atoms with van der Waals surface area (Å²) in [7, 11) is 0. The van der Waals surface area contributed by atoms with Crippen molar-refractivity contribution in [1.29, 1.82) is 0 Å². The first-order chi connectivity index (χ1) is 8.90. The van der Waals surface area contributed by atoms with Gasteiger partial charge >= 0.3 is 0 Å². The number of hydrogen-bond donors (Lipinski definition) is 0. The van der Waals surface area contributed by atoms with Gasteiger partial charge in [0.2, 0.25) is 0 Å². The van der Waals surface area contributed by atoms with Crippen LogP contribution in [0, 0.1) is 0 Å². The van der Waals surface area contributed by atoms with Crippen LogP contribution in [0.25, 0.3) is 10.8 Å². The number of rotatable bonds is 3. The number of carbonyl (C=O) groups is 1. The van der Waals surface area contributed by atoms with Gasteiger partial charge in [0.1, 0.15) is 0 Å². The smallest absolute Gasteiger partial charge is 0.160 e. The molecule has 0 heterocycles. The van der Waals surface area contributed by atoms with E-state index in [1.54, 1.807) is 6.92 Å². The Morgan fingerprint density at radius 3 is 2.11 bits per heavy atom. The molecule has 0 N–H and O–H groups in total. The van der Waals surface area contributed by atoms with Gasteiger partial charge in [0.15, 0.2) is 5.78 Å². The Balaban J connectivity index is 2.70. The highest BCUT2D eigenvalue weighted by Gasteiger charge is 2.12. The molecule has 0 aliphatic rings. The van der Waals surface area contributed by atoms with Crippen molar-refractivity contribution in [3.63, 3.8) is 0 Å². The van der Waals surface area contributed by atoms with Gasteiger partial charge in [-0.15, -0.1) is 0 Å². The standard InChI is InChI=1S/C18H22O/c1-11(2)14-6-7-15-9-17(12(3)4)18(13(5)19)10-16(15)8-14/h6-12H,1-5H3. The molecule has 1 heteroatoms. The normalized spacial score (nSPS) is 11.5. The molecule has 19 heavy (non-hydrogen) atoms. The summed E-state index contributed by atoms with van der Waals surface area (Å²) in [5.41, 5.74) is 3.33. The molecule has 0 saturated heterocycles. The van der Waals surface area contributed by atoms with Crippen molar-refractivity contribution < 1.29 is 4.79 Å². The van der Waals surface area contributed by atoms with Crippen LogP contribution in [0.2, 0.25) is 0 Å². The maximum absolute atomic E-state index is 11.8. The number of ketones is 1. The van der Waals surface area contributed by atoms with E-state index in [0.29, 0.717) is 11.8 Å². The summed E-state index contributed by atoms with van der Waals surface area (Å²) in [6.45, 7) is 10.3. The van der Waals surface area contributed by atoms with Gasteiger partial charge in [-0.25, -0.2) is 0 Å². The average molecular weight is 254 g/mol. The van der Waals surface area contributed by atoms with E-state index in [-0.39, 0.29) is 5.78 Å². The molecule has 2 aromatic rings. The summed E-state index contributed by atoms with van der Waals surface area (Å²) in [5.74, 6) is 1.03. The lowest BCUT2D eigenvalue weighted by molar-refractivity contribution is 0.101. The molecule has 2 aromatic carbocycles. The molecule has 0 saturated carbocycles. The number of fused-ring (bicyclic) bond motifs is 1. The van der Waals surface area contributed by atoms with Gasteiger partial charge in [-0.05, 0) is 46.7 Å². The van der Waals surface area contributed by atoms with Gasteiger partial charge in [-0.3, -0.25) is 4.79 Å². The van der Waals surface area contributed by atoms with Crippen molar-refractivity contribution in [2.24, 2.45) is 0 Å². The third-order valence-electron chi connectivity index (χ3n) is 3.70. The van der Waals surface area contributed by atoms with Gasteiger partial charge in [-0.1, -0.05) is 52.0 Å². The summed E-state index contributed by atoms with van der Waals surface area (Å²) in [6.07, 6.45) is 0. The molecule has 0 spiro atoms. The van der Waals surface area contributed by atoms with E-state index in [4.69, 9.17) is 0 Å². The second-order valence-electron chi connectivity index (χ2n) is 5.91. The quantitative estimate of drug-likeness (QED) is 0.680. The molecular weight excluding hydrogens is 232 g/mol. The molecule has 0 aliphatic heterocycles. The third-order valence-corrected chi connectivity index (χ3v) is 3.70. The van der Waals surface area contributed by atoms with E-state index in [1.165, 1.54) is 16.3 Å². The van der Waals surface area contributed by atoms with E-state index >= 15 is 0 Å². The molecule has 100 valence electrons. The summed E-state index contributed by atoms with van der Waals surface area (Å²) < 4.78 is 0. The average Bonchev–Trinajstić information content (AvgIpc) is 2.36. The number of benzene rings is 2. The van der Waals surface area contributed by atoms with E-state index < -0.39 is 0 Å². The van der Waals surface area contributed by atoms with E-state index in [9.17, 15) is 4.79 Å². The molecule has 2 rings (SSSR count). The summed E-state index contributed by atoms with van der Waals surface area (Å²) in [5, 5.41) is 2.39. The lowest BCUT2D eigenvalue weighted by atomic mass is 9.90. The maximum Gasteiger partial charge on any atom is 0.160 e. The first-order valence-corrected chi connectivity index (χ1v) is 6.98. The second-order valence-corrected chi connectivity index (χ2v) is 5.91. The molecule has 0 unspecified atom stereocenters. The van der Waals surface area contributed by atoms with Gasteiger partial charge in [0, 0.05) is 5.56 Å². The van der Waals surface area contributed by atoms with Crippen molar-refractivity contribution in [1.82, 2.24) is 0 Å². The molecule has 0 fully saturated rings. The minimum Gasteiger partial charge on any atom is -0.295 e. The molecule has 0 aromatic heterocycles. The zero-order chi connectivity index (χ0) is 14.2. The highest BCUT2D eigenvalue weighted by molar-refractivity contribution is 6.00. The minimum absolute atomic E-state index is 0.153. The third kappa shape index (κ3) is 2.70. The summed E-state index contributed by atoms with van der Waals surface area (Å²) in [4.78, 5) is 11.8. The Bertz CT molecular complexity index is 621. The first-order valence-electron chi connectivity index (χ1n) is 6.98. The van der Waals surface area contributed by atoms with Crippen LogP contribution in [0.1, 0.15) is 67.9 Å². The van der Waals surface area contributed by atoms with Gasteiger partial charge in [0.25, 0.3) is 0 Å². The number of Topliss-reactive ketones (excluding diaryl/α,β-unsaturated/α-hetero) is 1. The Morgan fingerprint density at radius 1 is 0.895 bits per heavy atom. The topological polar surface area (TPSA) is 17.1 Å². The molecule has 0 radical (unpaired) electrons. The fraction of sp³-hybridized carbons (Fsp3) is 0.389. The van der Waals surface area contributed by atoms with Crippen molar-refractivity contribution in [3.05, 3.63) is 47.0 Å². The lowest BCUT2D eigenvalue weighted by Gasteiger charge is -2.14. The second kappa shape index (κ2) is 5.16. The first kappa shape index (κ1) is 13.8. The van der Waals surface area contributed by atoms with Gasteiger partial charge in [0.05, 0.1) is 0 Å². The van der Waals surface area contributed by atoms with E-state index in [0.717, 1.165) is 11.1 Å². The van der Waals surface area contributed by atoms with Crippen LogP contribution < -0.4 is 0 Å². The Morgan fingerprint density at radius 2 is 1.58 bits per heavy atom. The zero-order valence-corrected chi connectivity index (χ0v) is 12.4. The molecule has 0 bridgehead atoms. The molecule has 0 amide bonds.